The average molecular weight is 279 g/mol. The largest absolute Gasteiger partial charge is 0.353 e. The van der Waals surface area contributed by atoms with Crippen molar-refractivity contribution in [3.63, 3.8) is 0 Å². The van der Waals surface area contributed by atoms with Crippen molar-refractivity contribution in [2.45, 2.75) is 51.1 Å². The van der Waals surface area contributed by atoms with Crippen LogP contribution in [0.2, 0.25) is 0 Å². The molecule has 2 amide bonds. The zero-order chi connectivity index (χ0) is 14.1. The average Bonchev–Trinajstić information content (AvgIpc) is 2.46. The third-order valence-corrected chi connectivity index (χ3v) is 5.17. The molecule has 112 valence electrons. The summed E-state index contributed by atoms with van der Waals surface area (Å²) in [5.41, 5.74) is 0. The summed E-state index contributed by atoms with van der Waals surface area (Å²) in [6.07, 6.45) is 4.75. The first kappa shape index (κ1) is 13.9. The molecule has 0 aromatic heterocycles. The molecule has 4 unspecified atom stereocenters. The lowest BCUT2D eigenvalue weighted by molar-refractivity contribution is -0.138. The molecule has 0 saturated carbocycles. The van der Waals surface area contributed by atoms with Gasteiger partial charge in [0.25, 0.3) is 0 Å². The standard InChI is InChI=1S/C15H25N3O2/c1-10-3-2-7-16-14(10)15(20)18-8-6-12-11(9-18)4-5-13(19)17-12/h10-12,14,16H,2-9H2,1H3,(H,17,19). The molecule has 0 bridgehead atoms. The molecule has 3 rings (SSSR count). The number of hydrogen-bond donors (Lipinski definition) is 2. The van der Waals surface area contributed by atoms with Gasteiger partial charge in [-0.15, -0.1) is 0 Å². The van der Waals surface area contributed by atoms with Gasteiger partial charge in [0.05, 0.1) is 6.04 Å². The maximum atomic E-state index is 12.7. The number of carbonyl (C=O) groups excluding carboxylic acids is 2. The molecule has 3 aliphatic rings. The van der Waals surface area contributed by atoms with Gasteiger partial charge in [0, 0.05) is 25.6 Å². The molecule has 5 nitrogen and oxygen atoms in total. The third kappa shape index (κ3) is 2.68. The summed E-state index contributed by atoms with van der Waals surface area (Å²) in [5.74, 6) is 1.32. The summed E-state index contributed by atoms with van der Waals surface area (Å²) < 4.78 is 0. The lowest BCUT2D eigenvalue weighted by Crippen LogP contribution is -2.59. The van der Waals surface area contributed by atoms with E-state index in [2.05, 4.69) is 17.6 Å². The second kappa shape index (κ2) is 5.72. The summed E-state index contributed by atoms with van der Waals surface area (Å²) >= 11 is 0. The van der Waals surface area contributed by atoms with E-state index in [4.69, 9.17) is 0 Å². The lowest BCUT2D eigenvalue weighted by Gasteiger charge is -2.43. The van der Waals surface area contributed by atoms with Gasteiger partial charge in [0.15, 0.2) is 0 Å². The smallest absolute Gasteiger partial charge is 0.239 e. The summed E-state index contributed by atoms with van der Waals surface area (Å²) in [6, 6.07) is 0.288. The molecule has 0 aromatic carbocycles. The highest BCUT2D eigenvalue weighted by Crippen LogP contribution is 2.27. The molecule has 3 heterocycles. The zero-order valence-corrected chi connectivity index (χ0v) is 12.2. The van der Waals surface area contributed by atoms with E-state index in [9.17, 15) is 9.59 Å². The Balaban J connectivity index is 1.61. The number of fused-ring (bicyclic) bond motifs is 1. The minimum atomic E-state index is -0.00141. The van der Waals surface area contributed by atoms with Crippen molar-refractivity contribution in [3.05, 3.63) is 0 Å². The van der Waals surface area contributed by atoms with Gasteiger partial charge < -0.3 is 15.5 Å². The van der Waals surface area contributed by atoms with Crippen molar-refractivity contribution in [2.24, 2.45) is 11.8 Å². The van der Waals surface area contributed by atoms with Crippen molar-refractivity contribution in [1.29, 1.82) is 0 Å². The maximum absolute atomic E-state index is 12.7. The van der Waals surface area contributed by atoms with Gasteiger partial charge in [-0.2, -0.15) is 0 Å². The van der Waals surface area contributed by atoms with Crippen molar-refractivity contribution in [3.8, 4) is 0 Å². The molecule has 3 fully saturated rings. The van der Waals surface area contributed by atoms with Crippen LogP contribution in [0.5, 0.6) is 0 Å². The number of piperidine rings is 3. The van der Waals surface area contributed by atoms with E-state index < -0.39 is 0 Å². The Morgan fingerprint density at radius 3 is 2.95 bits per heavy atom. The lowest BCUT2D eigenvalue weighted by atomic mass is 9.84. The van der Waals surface area contributed by atoms with E-state index in [1.54, 1.807) is 0 Å². The van der Waals surface area contributed by atoms with Gasteiger partial charge in [0.2, 0.25) is 11.8 Å². The number of amides is 2. The fourth-order valence-corrected chi connectivity index (χ4v) is 3.89. The Labute approximate surface area is 120 Å². The molecule has 5 heteroatoms. The fourth-order valence-electron chi connectivity index (χ4n) is 3.89. The number of nitrogens with one attached hydrogen (secondary N) is 2. The van der Waals surface area contributed by atoms with Crippen molar-refractivity contribution >= 4 is 11.8 Å². The van der Waals surface area contributed by atoms with Crippen molar-refractivity contribution in [2.75, 3.05) is 19.6 Å². The van der Waals surface area contributed by atoms with Crippen LogP contribution in [-0.2, 0) is 9.59 Å². The second-order valence-corrected chi connectivity index (χ2v) is 6.60. The van der Waals surface area contributed by atoms with Crippen LogP contribution < -0.4 is 10.6 Å². The van der Waals surface area contributed by atoms with Gasteiger partial charge in [0.1, 0.15) is 0 Å². The summed E-state index contributed by atoms with van der Waals surface area (Å²) in [6.45, 7) is 4.72. The van der Waals surface area contributed by atoms with Crippen LogP contribution in [0.4, 0.5) is 0 Å². The van der Waals surface area contributed by atoms with E-state index in [0.29, 0.717) is 18.3 Å². The van der Waals surface area contributed by atoms with Gasteiger partial charge in [-0.25, -0.2) is 0 Å². The van der Waals surface area contributed by atoms with Crippen LogP contribution in [0.15, 0.2) is 0 Å². The first-order chi connectivity index (χ1) is 9.65. The Morgan fingerprint density at radius 2 is 2.15 bits per heavy atom. The predicted molar refractivity (Wildman–Crippen MR) is 76.0 cm³/mol. The number of hydrogen-bond acceptors (Lipinski definition) is 3. The van der Waals surface area contributed by atoms with E-state index in [0.717, 1.165) is 38.9 Å². The minimum Gasteiger partial charge on any atom is -0.353 e. The van der Waals surface area contributed by atoms with E-state index >= 15 is 0 Å². The van der Waals surface area contributed by atoms with Gasteiger partial charge in [-0.05, 0) is 44.1 Å². The van der Waals surface area contributed by atoms with Gasteiger partial charge in [-0.3, -0.25) is 9.59 Å². The maximum Gasteiger partial charge on any atom is 0.239 e. The first-order valence-electron chi connectivity index (χ1n) is 7.96. The Morgan fingerprint density at radius 1 is 1.30 bits per heavy atom. The molecule has 3 saturated heterocycles. The molecule has 0 spiro atoms. The Kier molecular flexibility index (Phi) is 3.96. The van der Waals surface area contributed by atoms with Crippen LogP contribution >= 0.6 is 0 Å². The molecule has 4 atom stereocenters. The normalized spacial score (nSPS) is 38.0. The Hall–Kier alpha value is -1.10. The zero-order valence-electron chi connectivity index (χ0n) is 12.2. The molecular formula is C15H25N3O2. The minimum absolute atomic E-state index is 0.00141. The molecule has 20 heavy (non-hydrogen) atoms. The highest BCUT2D eigenvalue weighted by Gasteiger charge is 2.38. The van der Waals surface area contributed by atoms with Crippen LogP contribution in [0, 0.1) is 11.8 Å². The molecular weight excluding hydrogens is 254 g/mol. The summed E-state index contributed by atoms with van der Waals surface area (Å²) in [4.78, 5) is 26.1. The highest BCUT2D eigenvalue weighted by atomic mass is 16.2. The van der Waals surface area contributed by atoms with Gasteiger partial charge in [-0.1, -0.05) is 6.92 Å². The van der Waals surface area contributed by atoms with Crippen LogP contribution in [0.1, 0.15) is 39.0 Å². The van der Waals surface area contributed by atoms with Crippen molar-refractivity contribution < 1.29 is 9.59 Å². The number of likely N-dealkylation sites (tertiary alicyclic amines) is 1. The topological polar surface area (TPSA) is 61.4 Å². The Bertz CT molecular complexity index is 399. The third-order valence-electron chi connectivity index (χ3n) is 5.17. The van der Waals surface area contributed by atoms with E-state index in [1.807, 2.05) is 4.90 Å². The van der Waals surface area contributed by atoms with Gasteiger partial charge >= 0.3 is 0 Å². The number of nitrogens with zero attached hydrogens (tertiary/aromatic N) is 1. The second-order valence-electron chi connectivity index (χ2n) is 6.60. The van der Waals surface area contributed by atoms with Crippen LogP contribution in [0.25, 0.3) is 0 Å². The van der Waals surface area contributed by atoms with Crippen LogP contribution in [0.3, 0.4) is 0 Å². The molecule has 3 aliphatic heterocycles. The molecule has 0 aromatic rings. The number of rotatable bonds is 1. The monoisotopic (exact) mass is 279 g/mol. The predicted octanol–water partition coefficient (Wildman–Crippen LogP) is 0.502. The first-order valence-corrected chi connectivity index (χ1v) is 7.96. The van der Waals surface area contributed by atoms with Crippen LogP contribution in [-0.4, -0.2) is 48.4 Å². The molecule has 0 radical (unpaired) electrons. The fraction of sp³-hybridized carbons (Fsp3) is 0.867. The SMILES string of the molecule is CC1CCCNC1C(=O)N1CCC2NC(=O)CCC2C1. The molecule has 0 aliphatic carbocycles. The van der Waals surface area contributed by atoms with Crippen molar-refractivity contribution in [1.82, 2.24) is 15.5 Å². The number of carbonyl (C=O) groups is 2. The van der Waals surface area contributed by atoms with E-state index in [1.165, 1.54) is 6.42 Å². The molecule has 2 N–H and O–H groups in total. The van der Waals surface area contributed by atoms with E-state index in [-0.39, 0.29) is 23.9 Å². The highest BCUT2D eigenvalue weighted by molar-refractivity contribution is 5.82. The summed E-state index contributed by atoms with van der Waals surface area (Å²) in [7, 11) is 0. The summed E-state index contributed by atoms with van der Waals surface area (Å²) in [5, 5.41) is 6.46. The quantitative estimate of drug-likeness (QED) is 0.735.